The maximum absolute atomic E-state index is 11.7. The molecule has 9 N–H and O–H groups in total. The van der Waals surface area contributed by atoms with Crippen LogP contribution in [-0.4, -0.2) is 90.6 Å². The monoisotopic (exact) mass is 705 g/mol. The molecule has 1 saturated heterocycles. The number of nitrogens with two attached hydrogens (primary N) is 1. The lowest BCUT2D eigenvalue weighted by Crippen LogP contribution is -2.61. The number of aliphatic hydroxyl groups excluding tert-OH is 4. The summed E-state index contributed by atoms with van der Waals surface area (Å²) in [6.07, 6.45) is -4.45. The number of amidine groups is 1. The molecule has 0 saturated carbocycles. The van der Waals surface area contributed by atoms with E-state index in [0.29, 0.717) is 42.2 Å². The van der Waals surface area contributed by atoms with E-state index in [9.17, 15) is 40.5 Å². The lowest BCUT2D eigenvalue weighted by Gasteiger charge is -2.38. The molecule has 0 aromatic heterocycles. The van der Waals surface area contributed by atoms with Gasteiger partial charge in [-0.15, -0.1) is 0 Å². The highest BCUT2D eigenvalue weighted by Gasteiger charge is 2.48. The third-order valence-electron chi connectivity index (χ3n) is 8.44. The summed E-state index contributed by atoms with van der Waals surface area (Å²) in [6, 6.07) is 13.0. The Labute approximate surface area is 291 Å². The van der Waals surface area contributed by atoms with E-state index in [1.54, 1.807) is 42.5 Å². The number of ether oxygens (including phenoxy) is 5. The van der Waals surface area contributed by atoms with Crippen molar-refractivity contribution in [1.29, 1.82) is 0 Å². The van der Waals surface area contributed by atoms with E-state index >= 15 is 0 Å². The smallest absolute Gasteiger partial charge is 0.335 e. The number of phenolic OH excluding ortho intramolecular Hbond substituents is 2. The average Bonchev–Trinajstić information content (AvgIpc) is 3.52. The fourth-order valence-electron chi connectivity index (χ4n) is 5.78. The first-order valence-electron chi connectivity index (χ1n) is 16.0. The topological polar surface area (TPSA) is 243 Å². The normalized spacial score (nSPS) is 23.9. The summed E-state index contributed by atoms with van der Waals surface area (Å²) in [5, 5.41) is 79.1. The Hall–Kier alpha value is -5.61. The molecule has 6 atom stereocenters. The highest BCUT2D eigenvalue weighted by Crippen LogP contribution is 2.51. The number of hydrogen-bond acceptors (Lipinski definition) is 12. The molecular formula is C36H37N2O13+. The predicted octanol–water partition coefficient (Wildman–Crippen LogP) is 1.48. The molecule has 268 valence electrons. The molecule has 0 bridgehead atoms. The van der Waals surface area contributed by atoms with Gasteiger partial charge in [-0.05, 0) is 58.4 Å². The molecule has 3 heterocycles. The van der Waals surface area contributed by atoms with Crippen LogP contribution in [-0.2, 0) is 22.6 Å². The number of rotatable bonds is 12. The maximum atomic E-state index is 11.7. The van der Waals surface area contributed by atoms with Gasteiger partial charge in [0.05, 0.1) is 6.61 Å². The minimum absolute atomic E-state index is 0.00877. The molecule has 0 aliphatic carbocycles. The van der Waals surface area contributed by atoms with Gasteiger partial charge in [-0.2, -0.15) is 0 Å². The highest BCUT2D eigenvalue weighted by molar-refractivity contribution is 6.13. The minimum atomic E-state index is -1.97. The number of allylic oxidation sites excluding steroid dienone is 1. The Bertz CT molecular complexity index is 1910. The molecular weight excluding hydrogens is 668 g/mol. The van der Waals surface area contributed by atoms with Crippen molar-refractivity contribution in [2.24, 2.45) is 4.99 Å². The van der Waals surface area contributed by atoms with E-state index in [1.807, 2.05) is 13.0 Å². The number of aromatic hydroxyl groups is 2. The Morgan fingerprint density at radius 3 is 2.37 bits per heavy atom. The molecule has 0 radical (unpaired) electrons. The van der Waals surface area contributed by atoms with Crippen LogP contribution < -0.4 is 24.4 Å². The lowest BCUT2D eigenvalue weighted by atomic mass is 9.99. The van der Waals surface area contributed by atoms with Crippen molar-refractivity contribution in [2.75, 3.05) is 6.61 Å². The van der Waals surface area contributed by atoms with Crippen molar-refractivity contribution >= 4 is 23.3 Å². The summed E-state index contributed by atoms with van der Waals surface area (Å²) in [6.45, 7) is 2.06. The van der Waals surface area contributed by atoms with Gasteiger partial charge in [0.2, 0.25) is 12.0 Å². The summed E-state index contributed by atoms with van der Waals surface area (Å²) in [5.41, 5.74) is 2.60. The molecule has 15 heteroatoms. The van der Waals surface area contributed by atoms with Gasteiger partial charge in [-0.25, -0.2) is 4.79 Å². The fraction of sp³-hybridized carbons (Fsp3) is 0.306. The van der Waals surface area contributed by atoms with Gasteiger partial charge >= 0.3 is 11.8 Å². The van der Waals surface area contributed by atoms with Crippen LogP contribution >= 0.6 is 0 Å². The lowest BCUT2D eigenvalue weighted by molar-refractivity contribution is -0.271. The van der Waals surface area contributed by atoms with Gasteiger partial charge in [0, 0.05) is 24.6 Å². The largest absolute Gasteiger partial charge is 0.508 e. The van der Waals surface area contributed by atoms with Crippen LogP contribution in [0.4, 0.5) is 0 Å². The summed E-state index contributed by atoms with van der Waals surface area (Å²) < 4.78 is 29.0. The van der Waals surface area contributed by atoms with Crippen molar-refractivity contribution < 1.29 is 69.6 Å². The van der Waals surface area contributed by atoms with Gasteiger partial charge in [0.15, 0.2) is 23.3 Å². The van der Waals surface area contributed by atoms with Crippen molar-refractivity contribution in [3.8, 4) is 34.5 Å². The maximum Gasteiger partial charge on any atom is 0.335 e. The van der Waals surface area contributed by atoms with Crippen LogP contribution in [0.15, 0.2) is 71.8 Å². The molecule has 0 amide bonds. The van der Waals surface area contributed by atoms with Crippen LogP contribution in [0.2, 0.25) is 0 Å². The number of carboxylic acids is 1. The number of fused-ring (bicyclic) bond motifs is 1. The molecule has 3 aliphatic rings. The van der Waals surface area contributed by atoms with Crippen LogP contribution in [0.3, 0.4) is 0 Å². The number of aliphatic imine (C=N–C) groups is 1. The molecule has 1 fully saturated rings. The van der Waals surface area contributed by atoms with Gasteiger partial charge in [0.25, 0.3) is 0 Å². The average molecular weight is 706 g/mol. The van der Waals surface area contributed by atoms with Gasteiger partial charge in [0.1, 0.15) is 59.6 Å². The quantitative estimate of drug-likeness (QED) is 0.133. The molecule has 3 aromatic rings. The van der Waals surface area contributed by atoms with E-state index in [4.69, 9.17) is 29.1 Å². The van der Waals surface area contributed by atoms with Crippen LogP contribution in [0.5, 0.6) is 34.5 Å². The van der Waals surface area contributed by atoms with Crippen molar-refractivity contribution in [3.05, 3.63) is 89.0 Å². The fourth-order valence-corrected chi connectivity index (χ4v) is 5.78. The van der Waals surface area contributed by atoms with Crippen LogP contribution in [0.1, 0.15) is 41.7 Å². The Kier molecular flexibility index (Phi) is 10.2. The molecule has 51 heavy (non-hydrogen) atoms. The number of benzene rings is 3. The zero-order valence-corrected chi connectivity index (χ0v) is 27.2. The Balaban J connectivity index is 1.28. The number of aryl methyl sites for hydroxylation is 1. The summed E-state index contributed by atoms with van der Waals surface area (Å²) >= 11 is 0. The summed E-state index contributed by atoms with van der Waals surface area (Å²) in [5.74, 6) is -2.35. The van der Waals surface area contributed by atoms with Crippen LogP contribution in [0, 0.1) is 0 Å². The highest BCUT2D eigenvalue weighted by atomic mass is 16.7. The van der Waals surface area contributed by atoms with Crippen LogP contribution in [0.25, 0.3) is 5.76 Å². The van der Waals surface area contributed by atoms with E-state index in [-0.39, 0.29) is 40.9 Å². The number of carboxylic acid groups (broad SMARTS) is 1. The van der Waals surface area contributed by atoms with E-state index in [1.165, 1.54) is 18.2 Å². The van der Waals surface area contributed by atoms with Gasteiger partial charge in [-0.1, -0.05) is 25.1 Å². The third kappa shape index (κ3) is 7.61. The van der Waals surface area contributed by atoms with E-state index in [2.05, 4.69) is 4.99 Å². The van der Waals surface area contributed by atoms with Gasteiger partial charge < -0.3 is 59.4 Å². The van der Waals surface area contributed by atoms with Crippen molar-refractivity contribution in [3.63, 3.8) is 0 Å². The Morgan fingerprint density at radius 2 is 1.69 bits per heavy atom. The second-order valence-corrected chi connectivity index (χ2v) is 12.0. The third-order valence-corrected chi connectivity index (χ3v) is 8.44. The first-order chi connectivity index (χ1) is 24.4. The second kappa shape index (κ2) is 14.7. The predicted molar refractivity (Wildman–Crippen MR) is 179 cm³/mol. The van der Waals surface area contributed by atoms with E-state index in [0.717, 1.165) is 11.3 Å². The molecule has 0 spiro atoms. The first-order valence-corrected chi connectivity index (χ1v) is 16.0. The molecule has 3 aromatic carbocycles. The van der Waals surface area contributed by atoms with E-state index < -0.39 is 48.5 Å². The summed E-state index contributed by atoms with van der Waals surface area (Å²) in [4.78, 5) is 15.9. The number of aliphatic carboxylic acids is 1. The molecule has 6 rings (SSSR count). The SMILES string of the molecule is CCc1cc(O)cc(COc2c(OC3OC(C(=O)O)C(O)C(O)C3O)cc3c(c2O)C(O)=CC(c2ccc(OCCC4=NC(=[NH2+])C=C4)cc2)O3)c1. The van der Waals surface area contributed by atoms with Crippen molar-refractivity contribution in [2.45, 2.75) is 63.2 Å². The van der Waals surface area contributed by atoms with Crippen molar-refractivity contribution in [1.82, 2.24) is 0 Å². The second-order valence-electron chi connectivity index (χ2n) is 12.0. The number of phenols is 2. The molecule has 6 unspecified atom stereocenters. The number of hydrogen-bond donors (Lipinski definition) is 8. The number of nitrogens with zero attached hydrogens (tertiary/aromatic N) is 1. The van der Waals surface area contributed by atoms with Gasteiger partial charge in [-0.3, -0.25) is 5.41 Å². The first kappa shape index (κ1) is 35.2. The summed E-state index contributed by atoms with van der Waals surface area (Å²) in [7, 11) is 0. The zero-order chi connectivity index (χ0) is 36.4. The molecule has 15 nitrogen and oxygen atoms in total. The zero-order valence-electron chi connectivity index (χ0n) is 27.2. The number of aliphatic hydroxyl groups is 4. The molecule has 3 aliphatic heterocycles. The standard InChI is InChI=1S/C36H36N2O13/c1-2-17-11-18(13-21(39)12-17)16-48-33-26(50-36-32(44)30(42)31(43)34(51-36)35(45)46)15-25-28(29(33)41)23(40)14-24(49-25)19-3-6-22(7-4-19)47-10-9-20-5-8-27(37)38-20/h3-8,11-15,24,30-32,34,36-37,39-44H,2,9-10,16H2,1H3,(H,45,46)/p+1. The number of carbonyl (C=O) groups is 1. The Morgan fingerprint density at radius 1 is 0.941 bits per heavy atom. The minimum Gasteiger partial charge on any atom is -0.508 e.